The first-order valence-electron chi connectivity index (χ1n) is 6.34. The maximum absolute atomic E-state index is 13.8. The summed E-state index contributed by atoms with van der Waals surface area (Å²) in [6.45, 7) is 2.14. The molecular formula is C14H21F3N2. The van der Waals surface area contributed by atoms with Crippen molar-refractivity contribution in [2.24, 2.45) is 5.92 Å². The molecule has 2 nitrogen and oxygen atoms in total. The van der Waals surface area contributed by atoms with Gasteiger partial charge in [-0.25, -0.2) is 13.2 Å². The van der Waals surface area contributed by atoms with Gasteiger partial charge in [0.1, 0.15) is 5.82 Å². The molecule has 0 spiro atoms. The van der Waals surface area contributed by atoms with Crippen molar-refractivity contribution in [1.29, 1.82) is 0 Å². The maximum Gasteiger partial charge on any atom is 0.251 e. The second-order valence-corrected chi connectivity index (χ2v) is 4.88. The molecule has 108 valence electrons. The lowest BCUT2D eigenvalue weighted by Crippen LogP contribution is -2.35. The Morgan fingerprint density at radius 2 is 1.84 bits per heavy atom. The van der Waals surface area contributed by atoms with Crippen LogP contribution in [0.1, 0.15) is 18.5 Å². The van der Waals surface area contributed by atoms with Crippen molar-refractivity contribution in [3.05, 3.63) is 35.6 Å². The van der Waals surface area contributed by atoms with Crippen LogP contribution in [0.4, 0.5) is 13.2 Å². The van der Waals surface area contributed by atoms with Crippen LogP contribution in [-0.4, -0.2) is 38.5 Å². The largest absolute Gasteiger partial charge is 0.313 e. The second kappa shape index (κ2) is 7.50. The van der Waals surface area contributed by atoms with E-state index in [1.165, 1.54) is 6.07 Å². The normalized spacial score (nSPS) is 14.9. The molecule has 1 aromatic rings. The highest BCUT2D eigenvalue weighted by molar-refractivity contribution is 5.21. The molecule has 0 aliphatic rings. The Balaban J connectivity index is 2.72. The number of nitrogens with zero attached hydrogens (tertiary/aromatic N) is 1. The van der Waals surface area contributed by atoms with Crippen molar-refractivity contribution in [2.75, 3.05) is 27.2 Å². The summed E-state index contributed by atoms with van der Waals surface area (Å²) in [5, 5.41) is 3.06. The van der Waals surface area contributed by atoms with Crippen LogP contribution in [0, 0.1) is 11.7 Å². The molecule has 0 amide bonds. The van der Waals surface area contributed by atoms with Gasteiger partial charge in [0.15, 0.2) is 0 Å². The molecule has 0 saturated heterocycles. The van der Waals surface area contributed by atoms with Crippen LogP contribution in [-0.2, 0) is 0 Å². The first-order chi connectivity index (χ1) is 8.95. The van der Waals surface area contributed by atoms with Gasteiger partial charge < -0.3 is 10.2 Å². The van der Waals surface area contributed by atoms with Gasteiger partial charge in [-0.05, 0) is 26.1 Å². The van der Waals surface area contributed by atoms with E-state index < -0.39 is 6.43 Å². The van der Waals surface area contributed by atoms with Gasteiger partial charge >= 0.3 is 0 Å². The maximum atomic E-state index is 13.8. The van der Waals surface area contributed by atoms with E-state index in [2.05, 4.69) is 5.32 Å². The molecule has 0 saturated carbocycles. The third kappa shape index (κ3) is 4.84. The molecule has 0 aromatic heterocycles. The van der Waals surface area contributed by atoms with Crippen molar-refractivity contribution >= 4 is 0 Å². The Bertz CT molecular complexity index is 385. The number of hydrogen-bond donors (Lipinski definition) is 1. The lowest BCUT2D eigenvalue weighted by atomic mass is 9.93. The van der Waals surface area contributed by atoms with Gasteiger partial charge in [0, 0.05) is 18.2 Å². The summed E-state index contributed by atoms with van der Waals surface area (Å²) >= 11 is 0. The Morgan fingerprint density at radius 3 is 2.37 bits per heavy atom. The van der Waals surface area contributed by atoms with E-state index in [9.17, 15) is 13.2 Å². The van der Waals surface area contributed by atoms with Crippen LogP contribution in [0.5, 0.6) is 0 Å². The fourth-order valence-corrected chi connectivity index (χ4v) is 2.38. The van der Waals surface area contributed by atoms with Crippen molar-refractivity contribution in [2.45, 2.75) is 19.4 Å². The molecule has 0 radical (unpaired) electrons. The second-order valence-electron chi connectivity index (χ2n) is 4.88. The van der Waals surface area contributed by atoms with Crippen LogP contribution in [0.25, 0.3) is 0 Å². The molecule has 2 unspecified atom stereocenters. The van der Waals surface area contributed by atoms with E-state index in [4.69, 9.17) is 0 Å². The summed E-state index contributed by atoms with van der Waals surface area (Å²) in [4.78, 5) is 1.57. The molecule has 0 aliphatic heterocycles. The van der Waals surface area contributed by atoms with Gasteiger partial charge in [0.25, 0.3) is 6.43 Å². The zero-order chi connectivity index (χ0) is 14.4. The molecule has 5 heteroatoms. The molecule has 0 heterocycles. The average molecular weight is 274 g/mol. The number of alkyl halides is 2. The minimum absolute atomic E-state index is 0.0191. The fourth-order valence-electron chi connectivity index (χ4n) is 2.38. The van der Waals surface area contributed by atoms with Gasteiger partial charge in [-0.3, -0.25) is 0 Å². The quantitative estimate of drug-likeness (QED) is 0.822. The van der Waals surface area contributed by atoms with Crippen molar-refractivity contribution < 1.29 is 13.2 Å². The highest BCUT2D eigenvalue weighted by atomic mass is 19.3. The summed E-state index contributed by atoms with van der Waals surface area (Å²) in [6.07, 6.45) is -2.35. The molecule has 1 N–H and O–H groups in total. The van der Waals surface area contributed by atoms with E-state index >= 15 is 0 Å². The molecule has 1 rings (SSSR count). The van der Waals surface area contributed by atoms with Crippen molar-refractivity contribution in [3.63, 3.8) is 0 Å². The molecule has 0 bridgehead atoms. The highest BCUT2D eigenvalue weighted by Crippen LogP contribution is 2.24. The van der Waals surface area contributed by atoms with Gasteiger partial charge in [-0.15, -0.1) is 0 Å². The van der Waals surface area contributed by atoms with Crippen LogP contribution >= 0.6 is 0 Å². The molecule has 19 heavy (non-hydrogen) atoms. The number of nitrogens with one attached hydrogen (secondary N) is 1. The summed E-state index contributed by atoms with van der Waals surface area (Å²) in [5.41, 5.74) is 0.572. The Labute approximate surface area is 112 Å². The average Bonchev–Trinajstić information content (AvgIpc) is 2.31. The van der Waals surface area contributed by atoms with E-state index in [1.807, 2.05) is 6.92 Å². The SMILES string of the molecule is CNC(c1ccccc1F)C(C)CN(C)CC(F)F. The van der Waals surface area contributed by atoms with Crippen molar-refractivity contribution in [1.82, 2.24) is 10.2 Å². The third-order valence-corrected chi connectivity index (χ3v) is 3.17. The van der Waals surface area contributed by atoms with E-state index in [0.29, 0.717) is 12.1 Å². The number of hydrogen-bond acceptors (Lipinski definition) is 2. The smallest absolute Gasteiger partial charge is 0.251 e. The summed E-state index contributed by atoms with van der Waals surface area (Å²) in [6, 6.07) is 6.36. The zero-order valence-electron chi connectivity index (χ0n) is 11.5. The van der Waals surface area contributed by atoms with Crippen LogP contribution in [0.2, 0.25) is 0 Å². The molecule has 2 atom stereocenters. The van der Waals surface area contributed by atoms with E-state index in [1.54, 1.807) is 37.2 Å². The molecule has 0 fully saturated rings. The van der Waals surface area contributed by atoms with Gasteiger partial charge in [-0.1, -0.05) is 25.1 Å². The summed E-state index contributed by atoms with van der Waals surface area (Å²) < 4.78 is 38.3. The predicted molar refractivity (Wildman–Crippen MR) is 70.9 cm³/mol. The zero-order valence-corrected chi connectivity index (χ0v) is 11.5. The summed E-state index contributed by atoms with van der Waals surface area (Å²) in [7, 11) is 3.40. The summed E-state index contributed by atoms with van der Waals surface area (Å²) in [5.74, 6) is -0.254. The number of rotatable bonds is 7. The molecular weight excluding hydrogens is 253 g/mol. The van der Waals surface area contributed by atoms with E-state index in [0.717, 1.165) is 0 Å². The highest BCUT2D eigenvalue weighted by Gasteiger charge is 2.22. The topological polar surface area (TPSA) is 15.3 Å². The number of halogens is 3. The Morgan fingerprint density at radius 1 is 1.21 bits per heavy atom. The Kier molecular flexibility index (Phi) is 6.31. The third-order valence-electron chi connectivity index (χ3n) is 3.17. The minimum Gasteiger partial charge on any atom is -0.313 e. The van der Waals surface area contributed by atoms with Gasteiger partial charge in [0.05, 0.1) is 6.54 Å². The molecule has 0 aliphatic carbocycles. The van der Waals surface area contributed by atoms with Crippen molar-refractivity contribution in [3.8, 4) is 0 Å². The number of benzene rings is 1. The Hall–Kier alpha value is -1.07. The van der Waals surface area contributed by atoms with E-state index in [-0.39, 0.29) is 24.3 Å². The standard InChI is InChI=1S/C14H21F3N2/c1-10(8-19(3)9-13(16)17)14(18-2)11-6-4-5-7-12(11)15/h4-7,10,13-14,18H,8-9H2,1-3H3. The first-order valence-corrected chi connectivity index (χ1v) is 6.34. The lowest BCUT2D eigenvalue weighted by molar-refractivity contribution is 0.0911. The predicted octanol–water partition coefficient (Wildman–Crippen LogP) is 2.92. The van der Waals surface area contributed by atoms with Crippen LogP contribution in [0.15, 0.2) is 24.3 Å². The fraction of sp³-hybridized carbons (Fsp3) is 0.571. The molecule has 1 aromatic carbocycles. The first kappa shape index (κ1) is 16.0. The lowest BCUT2D eigenvalue weighted by Gasteiger charge is -2.28. The van der Waals surface area contributed by atoms with Crippen LogP contribution in [0.3, 0.4) is 0 Å². The minimum atomic E-state index is -2.35. The van der Waals surface area contributed by atoms with Gasteiger partial charge in [0.2, 0.25) is 0 Å². The van der Waals surface area contributed by atoms with Gasteiger partial charge in [-0.2, -0.15) is 0 Å². The van der Waals surface area contributed by atoms with Crippen LogP contribution < -0.4 is 5.32 Å². The monoisotopic (exact) mass is 274 g/mol.